The summed E-state index contributed by atoms with van der Waals surface area (Å²) in [6.45, 7) is 1.89. The van der Waals surface area contributed by atoms with Gasteiger partial charge in [0.25, 0.3) is 11.8 Å². The molecule has 1 aromatic heterocycles. The van der Waals surface area contributed by atoms with Crippen molar-refractivity contribution in [2.24, 2.45) is 0 Å². The van der Waals surface area contributed by atoms with Gasteiger partial charge in [0.1, 0.15) is 5.75 Å². The van der Waals surface area contributed by atoms with E-state index in [1.165, 1.54) is 13.4 Å². The standard InChI is InChI=1S/C21H19N3O4/c1-13-8-9-17(26-2)16(11-13)21(25)24-15-6-3-5-14(12-15)19(22)28-20(23)18-7-4-10-27-18/h3-12,22-23H,1-2H3,(H,24,25). The molecule has 0 radical (unpaired) electrons. The number of hydrogen-bond acceptors (Lipinski definition) is 6. The van der Waals surface area contributed by atoms with Crippen LogP contribution in [0.4, 0.5) is 5.69 Å². The van der Waals surface area contributed by atoms with E-state index >= 15 is 0 Å². The first-order valence-corrected chi connectivity index (χ1v) is 8.43. The van der Waals surface area contributed by atoms with Crippen LogP contribution in [0.1, 0.15) is 27.2 Å². The van der Waals surface area contributed by atoms with Gasteiger partial charge in [0, 0.05) is 11.3 Å². The number of anilines is 1. The van der Waals surface area contributed by atoms with Crippen molar-refractivity contribution in [2.75, 3.05) is 12.4 Å². The number of benzene rings is 2. The molecule has 0 atom stereocenters. The van der Waals surface area contributed by atoms with Crippen LogP contribution in [0.2, 0.25) is 0 Å². The van der Waals surface area contributed by atoms with Gasteiger partial charge in [-0.05, 0) is 49.4 Å². The van der Waals surface area contributed by atoms with Crippen molar-refractivity contribution in [1.82, 2.24) is 0 Å². The lowest BCUT2D eigenvalue weighted by Gasteiger charge is -2.11. The van der Waals surface area contributed by atoms with Crippen molar-refractivity contribution in [2.45, 2.75) is 6.92 Å². The van der Waals surface area contributed by atoms with Crippen LogP contribution in [0, 0.1) is 17.7 Å². The fourth-order valence-corrected chi connectivity index (χ4v) is 2.55. The second kappa shape index (κ2) is 8.22. The van der Waals surface area contributed by atoms with Gasteiger partial charge in [0.2, 0.25) is 5.90 Å². The first kappa shape index (κ1) is 18.9. The lowest BCUT2D eigenvalue weighted by atomic mass is 10.1. The van der Waals surface area contributed by atoms with Gasteiger partial charge in [0.05, 0.1) is 18.9 Å². The monoisotopic (exact) mass is 377 g/mol. The Hall–Kier alpha value is -3.87. The summed E-state index contributed by atoms with van der Waals surface area (Å²) >= 11 is 0. The van der Waals surface area contributed by atoms with E-state index in [-0.39, 0.29) is 23.5 Å². The van der Waals surface area contributed by atoms with Crippen LogP contribution in [-0.2, 0) is 4.74 Å². The maximum atomic E-state index is 12.6. The van der Waals surface area contributed by atoms with Gasteiger partial charge in [0.15, 0.2) is 5.76 Å². The number of carbonyl (C=O) groups excluding carboxylic acids is 1. The molecule has 2 aromatic carbocycles. The summed E-state index contributed by atoms with van der Waals surface area (Å²) in [5.41, 5.74) is 2.25. The Morgan fingerprint density at radius 3 is 2.57 bits per heavy atom. The average molecular weight is 377 g/mol. The SMILES string of the molecule is COc1ccc(C)cc1C(=O)Nc1cccc(C(=N)OC(=N)c2ccco2)c1. The fourth-order valence-electron chi connectivity index (χ4n) is 2.55. The minimum atomic E-state index is -0.325. The van der Waals surface area contributed by atoms with Crippen molar-refractivity contribution < 1.29 is 18.7 Å². The molecule has 0 aliphatic rings. The Morgan fingerprint density at radius 2 is 1.86 bits per heavy atom. The molecule has 0 aliphatic heterocycles. The van der Waals surface area contributed by atoms with Crippen LogP contribution in [0.15, 0.2) is 65.3 Å². The molecule has 7 heteroatoms. The molecule has 0 spiro atoms. The molecule has 0 saturated carbocycles. The fraction of sp³-hybridized carbons (Fsp3) is 0.0952. The maximum Gasteiger partial charge on any atom is 0.259 e. The number of aryl methyl sites for hydroxylation is 1. The van der Waals surface area contributed by atoms with Crippen molar-refractivity contribution in [3.8, 4) is 5.75 Å². The number of amides is 1. The number of furan rings is 1. The van der Waals surface area contributed by atoms with E-state index in [0.29, 0.717) is 22.6 Å². The van der Waals surface area contributed by atoms with Gasteiger partial charge in [-0.15, -0.1) is 0 Å². The van der Waals surface area contributed by atoms with E-state index in [0.717, 1.165) is 5.56 Å². The summed E-state index contributed by atoms with van der Waals surface area (Å²) in [5, 5.41) is 18.7. The van der Waals surface area contributed by atoms with Gasteiger partial charge in [-0.1, -0.05) is 17.7 Å². The Bertz CT molecular complexity index is 1030. The second-order valence-electron chi connectivity index (χ2n) is 5.98. The minimum absolute atomic E-state index is 0.223. The molecular weight excluding hydrogens is 358 g/mol. The molecule has 142 valence electrons. The minimum Gasteiger partial charge on any atom is -0.496 e. The van der Waals surface area contributed by atoms with Crippen LogP contribution in [0.5, 0.6) is 5.75 Å². The normalized spacial score (nSPS) is 10.2. The summed E-state index contributed by atoms with van der Waals surface area (Å²) in [6.07, 6.45) is 1.42. The highest BCUT2D eigenvalue weighted by Crippen LogP contribution is 2.22. The van der Waals surface area contributed by atoms with Gasteiger partial charge in [-0.2, -0.15) is 0 Å². The largest absolute Gasteiger partial charge is 0.496 e. The number of methoxy groups -OCH3 is 1. The third-order valence-electron chi connectivity index (χ3n) is 3.93. The Kier molecular flexibility index (Phi) is 5.55. The van der Waals surface area contributed by atoms with Gasteiger partial charge < -0.3 is 19.2 Å². The Morgan fingerprint density at radius 1 is 1.04 bits per heavy atom. The summed E-state index contributed by atoms with van der Waals surface area (Å²) in [5.74, 6) is -0.129. The maximum absolute atomic E-state index is 12.6. The van der Waals surface area contributed by atoms with E-state index in [1.54, 1.807) is 48.5 Å². The second-order valence-corrected chi connectivity index (χ2v) is 5.98. The van der Waals surface area contributed by atoms with E-state index in [4.69, 9.17) is 24.7 Å². The highest BCUT2D eigenvalue weighted by atomic mass is 16.5. The van der Waals surface area contributed by atoms with Crippen molar-refractivity contribution in [1.29, 1.82) is 10.8 Å². The van der Waals surface area contributed by atoms with E-state index in [9.17, 15) is 4.79 Å². The predicted molar refractivity (Wildman–Crippen MR) is 106 cm³/mol. The van der Waals surface area contributed by atoms with E-state index in [2.05, 4.69) is 5.32 Å². The summed E-state index contributed by atoms with van der Waals surface area (Å²) in [6, 6.07) is 15.2. The molecule has 0 aliphatic carbocycles. The molecule has 3 rings (SSSR count). The van der Waals surface area contributed by atoms with E-state index < -0.39 is 0 Å². The summed E-state index contributed by atoms with van der Waals surface area (Å²) in [4.78, 5) is 12.6. The number of nitrogens with one attached hydrogen (secondary N) is 3. The first-order valence-electron chi connectivity index (χ1n) is 8.43. The third-order valence-corrected chi connectivity index (χ3v) is 3.93. The van der Waals surface area contributed by atoms with Crippen molar-refractivity contribution in [3.63, 3.8) is 0 Å². The molecule has 28 heavy (non-hydrogen) atoms. The molecule has 3 aromatic rings. The number of carbonyl (C=O) groups is 1. The molecule has 0 fully saturated rings. The van der Waals surface area contributed by atoms with Crippen LogP contribution in [0.3, 0.4) is 0 Å². The van der Waals surface area contributed by atoms with Gasteiger partial charge in [-0.25, -0.2) is 0 Å². The third kappa shape index (κ3) is 4.27. The average Bonchev–Trinajstić information content (AvgIpc) is 3.23. The Balaban J connectivity index is 1.74. The lowest BCUT2D eigenvalue weighted by Crippen LogP contribution is -2.15. The van der Waals surface area contributed by atoms with Crippen LogP contribution < -0.4 is 10.1 Å². The predicted octanol–water partition coefficient (Wildman–Crippen LogP) is 4.22. The molecule has 1 heterocycles. The zero-order valence-electron chi connectivity index (χ0n) is 15.4. The summed E-state index contributed by atoms with van der Waals surface area (Å²) < 4.78 is 15.5. The molecular formula is C21H19N3O4. The zero-order valence-corrected chi connectivity index (χ0v) is 15.4. The van der Waals surface area contributed by atoms with Gasteiger partial charge >= 0.3 is 0 Å². The van der Waals surface area contributed by atoms with Gasteiger partial charge in [-0.3, -0.25) is 15.6 Å². The number of rotatable bonds is 5. The molecule has 0 unspecified atom stereocenters. The molecule has 7 nitrogen and oxygen atoms in total. The van der Waals surface area contributed by atoms with Crippen LogP contribution in [0.25, 0.3) is 0 Å². The summed E-state index contributed by atoms with van der Waals surface area (Å²) in [7, 11) is 1.51. The highest BCUT2D eigenvalue weighted by molar-refractivity contribution is 6.07. The topological polar surface area (TPSA) is 108 Å². The van der Waals surface area contributed by atoms with Crippen LogP contribution >= 0.6 is 0 Å². The van der Waals surface area contributed by atoms with Crippen molar-refractivity contribution in [3.05, 3.63) is 83.3 Å². The lowest BCUT2D eigenvalue weighted by molar-refractivity contribution is 0.102. The number of ether oxygens (including phenoxy) is 2. The van der Waals surface area contributed by atoms with E-state index in [1.807, 2.05) is 13.0 Å². The highest BCUT2D eigenvalue weighted by Gasteiger charge is 2.15. The Labute approximate surface area is 161 Å². The number of hydrogen-bond donors (Lipinski definition) is 3. The molecule has 0 saturated heterocycles. The molecule has 1 amide bonds. The molecule has 0 bridgehead atoms. The van der Waals surface area contributed by atoms with Crippen LogP contribution in [-0.4, -0.2) is 24.8 Å². The first-order chi connectivity index (χ1) is 13.5. The quantitative estimate of drug-likeness (QED) is 0.457. The zero-order chi connectivity index (χ0) is 20.1. The van der Waals surface area contributed by atoms with Crippen molar-refractivity contribution >= 4 is 23.4 Å². The molecule has 3 N–H and O–H groups in total. The smallest absolute Gasteiger partial charge is 0.259 e.